The minimum Gasteiger partial charge on any atom is -0.395 e. The maximum absolute atomic E-state index is 9.25. The highest BCUT2D eigenvalue weighted by Gasteiger charge is 2.14. The molecule has 0 spiro atoms. The maximum Gasteiger partial charge on any atom is 0.0558 e. The zero-order valence-corrected chi connectivity index (χ0v) is 12.6. The smallest absolute Gasteiger partial charge is 0.0558 e. The minimum absolute atomic E-state index is 0.198. The molecule has 0 heterocycles. The molecule has 0 atom stereocenters. The van der Waals surface area contributed by atoms with E-state index in [-0.39, 0.29) is 6.61 Å². The van der Waals surface area contributed by atoms with Gasteiger partial charge in [-0.3, -0.25) is 4.90 Å². The fourth-order valence-electron chi connectivity index (χ4n) is 2.46. The molecule has 0 aromatic heterocycles. The number of aliphatic hydroxyl groups excluding tert-OH is 1. The van der Waals surface area contributed by atoms with E-state index in [2.05, 4.69) is 42.7 Å². The Hall–Kier alpha value is -1.34. The molecule has 0 aliphatic carbocycles. The molecule has 1 aromatic carbocycles. The largest absolute Gasteiger partial charge is 0.395 e. The Morgan fingerprint density at radius 1 is 1.30 bits per heavy atom. The van der Waals surface area contributed by atoms with Crippen molar-refractivity contribution in [2.24, 2.45) is 5.73 Å². The van der Waals surface area contributed by atoms with Gasteiger partial charge in [-0.2, -0.15) is 0 Å². The van der Waals surface area contributed by atoms with Crippen molar-refractivity contribution in [1.82, 2.24) is 4.90 Å². The van der Waals surface area contributed by atoms with E-state index >= 15 is 0 Å². The molecule has 3 nitrogen and oxygen atoms in total. The lowest BCUT2D eigenvalue weighted by molar-refractivity contribution is 0.136. The topological polar surface area (TPSA) is 49.5 Å². The van der Waals surface area contributed by atoms with Gasteiger partial charge in [0.15, 0.2) is 0 Å². The molecule has 0 bridgehead atoms. The second-order valence-corrected chi connectivity index (χ2v) is 4.87. The van der Waals surface area contributed by atoms with E-state index in [1.165, 1.54) is 5.56 Å². The highest BCUT2D eigenvalue weighted by Crippen LogP contribution is 2.14. The van der Waals surface area contributed by atoms with Crippen LogP contribution in [0.4, 0.5) is 0 Å². The number of rotatable bonds is 7. The Balaban J connectivity index is 2.82. The molecule has 110 valence electrons. The average Bonchev–Trinajstić information content (AvgIpc) is 2.47. The van der Waals surface area contributed by atoms with E-state index in [1.54, 1.807) is 0 Å². The van der Waals surface area contributed by atoms with E-state index in [4.69, 9.17) is 5.73 Å². The lowest BCUT2D eigenvalue weighted by atomic mass is 10.1. The van der Waals surface area contributed by atoms with E-state index in [9.17, 15) is 5.11 Å². The van der Waals surface area contributed by atoms with Crippen LogP contribution in [0.5, 0.6) is 0 Å². The summed E-state index contributed by atoms with van der Waals surface area (Å²) < 4.78 is 0. The van der Waals surface area contributed by atoms with Crippen molar-refractivity contribution in [3.8, 4) is 11.8 Å². The quantitative estimate of drug-likeness (QED) is 0.748. The van der Waals surface area contributed by atoms with Crippen molar-refractivity contribution >= 4 is 0 Å². The van der Waals surface area contributed by atoms with E-state index in [0.29, 0.717) is 19.1 Å². The standard InChI is InChI=1S/C17H26N2O/c1-3-17(4-2)19(11-12-20)14-16-8-5-7-15(13-16)9-6-10-18/h5,7-8,13,17,20H,3-4,10-12,14,18H2,1-2H3. The van der Waals surface area contributed by atoms with Crippen molar-refractivity contribution in [2.45, 2.75) is 39.3 Å². The number of nitrogens with zero attached hydrogens (tertiary/aromatic N) is 1. The molecule has 0 fully saturated rings. The van der Waals surface area contributed by atoms with Crippen LogP contribution >= 0.6 is 0 Å². The first-order valence-corrected chi connectivity index (χ1v) is 7.37. The Morgan fingerprint density at radius 2 is 2.05 bits per heavy atom. The summed E-state index contributed by atoms with van der Waals surface area (Å²) in [4.78, 5) is 2.34. The van der Waals surface area contributed by atoms with Crippen molar-refractivity contribution in [3.05, 3.63) is 35.4 Å². The van der Waals surface area contributed by atoms with E-state index in [1.807, 2.05) is 12.1 Å². The molecule has 0 amide bonds. The van der Waals surface area contributed by atoms with Crippen LogP contribution in [0.3, 0.4) is 0 Å². The van der Waals surface area contributed by atoms with Crippen LogP contribution in [0.25, 0.3) is 0 Å². The van der Waals surface area contributed by atoms with Gasteiger partial charge in [0.25, 0.3) is 0 Å². The van der Waals surface area contributed by atoms with Crippen molar-refractivity contribution in [1.29, 1.82) is 0 Å². The van der Waals surface area contributed by atoms with Crippen molar-refractivity contribution < 1.29 is 5.11 Å². The number of aliphatic hydroxyl groups is 1. The molecule has 0 unspecified atom stereocenters. The lowest BCUT2D eigenvalue weighted by Crippen LogP contribution is -2.36. The predicted octanol–water partition coefficient (Wildman–Crippen LogP) is 1.98. The summed E-state index contributed by atoms with van der Waals surface area (Å²) in [7, 11) is 0. The summed E-state index contributed by atoms with van der Waals surface area (Å²) in [5, 5.41) is 9.25. The van der Waals surface area contributed by atoms with Gasteiger partial charge in [0, 0.05) is 24.7 Å². The highest BCUT2D eigenvalue weighted by molar-refractivity contribution is 5.37. The molecule has 20 heavy (non-hydrogen) atoms. The first-order chi connectivity index (χ1) is 9.74. The highest BCUT2D eigenvalue weighted by atomic mass is 16.3. The molecule has 0 aliphatic rings. The van der Waals surface area contributed by atoms with E-state index < -0.39 is 0 Å². The van der Waals surface area contributed by atoms with Gasteiger partial charge in [0.1, 0.15) is 0 Å². The van der Waals surface area contributed by atoms with Gasteiger partial charge in [-0.05, 0) is 30.5 Å². The number of hydrogen-bond donors (Lipinski definition) is 2. The molecule has 0 saturated carbocycles. The average molecular weight is 274 g/mol. The monoisotopic (exact) mass is 274 g/mol. The van der Waals surface area contributed by atoms with Gasteiger partial charge >= 0.3 is 0 Å². The summed E-state index contributed by atoms with van der Waals surface area (Å²) in [6.07, 6.45) is 2.20. The van der Waals surface area contributed by atoms with Crippen LogP contribution in [0.15, 0.2) is 24.3 Å². The van der Waals surface area contributed by atoms with Crippen LogP contribution in [-0.2, 0) is 6.54 Å². The third kappa shape index (κ3) is 5.34. The van der Waals surface area contributed by atoms with Gasteiger partial charge < -0.3 is 10.8 Å². The second kappa shape index (κ2) is 9.55. The fraction of sp³-hybridized carbons (Fsp3) is 0.529. The molecule has 0 saturated heterocycles. The van der Waals surface area contributed by atoms with Gasteiger partial charge in [0.05, 0.1) is 13.2 Å². The lowest BCUT2D eigenvalue weighted by Gasteiger charge is -2.29. The Kier molecular flexibility index (Phi) is 7.98. The summed E-state index contributed by atoms with van der Waals surface area (Å²) in [5.41, 5.74) is 7.63. The van der Waals surface area contributed by atoms with E-state index in [0.717, 1.165) is 24.9 Å². The molecule has 1 aromatic rings. The van der Waals surface area contributed by atoms with Gasteiger partial charge in [-0.15, -0.1) is 0 Å². The third-order valence-corrected chi connectivity index (χ3v) is 3.49. The zero-order valence-electron chi connectivity index (χ0n) is 12.6. The van der Waals surface area contributed by atoms with Gasteiger partial charge in [-0.1, -0.05) is 37.8 Å². The maximum atomic E-state index is 9.25. The number of benzene rings is 1. The van der Waals surface area contributed by atoms with Crippen LogP contribution < -0.4 is 5.73 Å². The first kappa shape index (κ1) is 16.7. The Bertz CT molecular complexity index is 444. The molecule has 3 N–H and O–H groups in total. The van der Waals surface area contributed by atoms with Crippen LogP contribution in [0, 0.1) is 11.8 Å². The SMILES string of the molecule is CCC(CC)N(CCO)Cc1cccc(C#CCN)c1. The number of hydrogen-bond acceptors (Lipinski definition) is 3. The van der Waals surface area contributed by atoms with Crippen LogP contribution in [0.2, 0.25) is 0 Å². The normalized spacial score (nSPS) is 10.7. The molecule has 0 radical (unpaired) electrons. The van der Waals surface area contributed by atoms with Gasteiger partial charge in [0.2, 0.25) is 0 Å². The van der Waals surface area contributed by atoms with Crippen LogP contribution in [-0.4, -0.2) is 35.7 Å². The molecule has 1 rings (SSSR count). The molecular weight excluding hydrogens is 248 g/mol. The summed E-state index contributed by atoms with van der Waals surface area (Å²) in [5.74, 6) is 5.94. The third-order valence-electron chi connectivity index (χ3n) is 3.49. The fourth-order valence-corrected chi connectivity index (χ4v) is 2.46. The molecule has 3 heteroatoms. The predicted molar refractivity (Wildman–Crippen MR) is 84.2 cm³/mol. The second-order valence-electron chi connectivity index (χ2n) is 4.87. The van der Waals surface area contributed by atoms with Crippen molar-refractivity contribution in [3.63, 3.8) is 0 Å². The van der Waals surface area contributed by atoms with Crippen molar-refractivity contribution in [2.75, 3.05) is 19.7 Å². The molecular formula is C17H26N2O. The first-order valence-electron chi connectivity index (χ1n) is 7.37. The zero-order chi connectivity index (χ0) is 14.8. The molecule has 0 aliphatic heterocycles. The van der Waals surface area contributed by atoms with Gasteiger partial charge in [-0.25, -0.2) is 0 Å². The minimum atomic E-state index is 0.198. The summed E-state index contributed by atoms with van der Waals surface area (Å²) >= 11 is 0. The Morgan fingerprint density at radius 3 is 2.65 bits per heavy atom. The summed E-state index contributed by atoms with van der Waals surface area (Å²) in [6, 6.07) is 8.76. The van der Waals surface area contributed by atoms with Crippen LogP contribution in [0.1, 0.15) is 37.8 Å². The summed E-state index contributed by atoms with van der Waals surface area (Å²) in [6.45, 7) is 6.54. The Labute approximate surface area is 122 Å². The number of nitrogens with two attached hydrogens (primary N) is 1.